The molecule has 0 spiro atoms. The molecule has 2 nitrogen and oxygen atoms in total. The Kier molecular flexibility index (Phi) is 7.93. The summed E-state index contributed by atoms with van der Waals surface area (Å²) in [6.07, 6.45) is 0. The van der Waals surface area contributed by atoms with Crippen LogP contribution in [-0.4, -0.2) is 4.57 Å². The predicted molar refractivity (Wildman–Crippen MR) is 232 cm³/mol. The highest BCUT2D eigenvalue weighted by atomic mass is 32.1. The van der Waals surface area contributed by atoms with Crippen molar-refractivity contribution in [2.75, 3.05) is 4.90 Å². The Labute approximate surface area is 319 Å². The monoisotopic (exact) mass is 708 g/mol. The van der Waals surface area contributed by atoms with Crippen LogP contribution in [0, 0.1) is 6.92 Å². The van der Waals surface area contributed by atoms with Crippen LogP contribution in [0.25, 0.3) is 70.3 Å². The van der Waals surface area contributed by atoms with Gasteiger partial charge in [-0.3, -0.25) is 0 Å². The molecule has 0 N–H and O–H groups in total. The second kappa shape index (κ2) is 13.4. The normalized spacial score (nSPS) is 11.4. The van der Waals surface area contributed by atoms with Crippen molar-refractivity contribution in [2.24, 2.45) is 0 Å². The van der Waals surface area contributed by atoms with E-state index >= 15 is 0 Å². The first-order valence-electron chi connectivity index (χ1n) is 18.4. The molecule has 256 valence electrons. The third-order valence-electron chi connectivity index (χ3n) is 10.5. The van der Waals surface area contributed by atoms with E-state index in [1.807, 2.05) is 11.3 Å². The molecule has 10 aromatic rings. The van der Waals surface area contributed by atoms with Gasteiger partial charge in [0.2, 0.25) is 0 Å². The first-order valence-corrected chi connectivity index (χ1v) is 19.2. The number of benzene rings is 8. The molecule has 0 atom stereocenters. The van der Waals surface area contributed by atoms with Crippen LogP contribution in [0.15, 0.2) is 200 Å². The van der Waals surface area contributed by atoms with Crippen molar-refractivity contribution in [2.45, 2.75) is 6.92 Å². The van der Waals surface area contributed by atoms with Gasteiger partial charge in [-0.1, -0.05) is 139 Å². The molecule has 0 unspecified atom stereocenters. The Balaban J connectivity index is 1.04. The average molecular weight is 709 g/mol. The van der Waals surface area contributed by atoms with Gasteiger partial charge in [0.1, 0.15) is 0 Å². The topological polar surface area (TPSA) is 8.17 Å². The molecule has 0 saturated carbocycles. The summed E-state index contributed by atoms with van der Waals surface area (Å²) in [4.78, 5) is 2.35. The van der Waals surface area contributed by atoms with Crippen molar-refractivity contribution in [3.05, 3.63) is 206 Å². The summed E-state index contributed by atoms with van der Waals surface area (Å²) in [7, 11) is 0. The maximum atomic E-state index is 2.45. The third-order valence-corrected chi connectivity index (χ3v) is 11.7. The van der Waals surface area contributed by atoms with E-state index in [1.54, 1.807) is 0 Å². The van der Waals surface area contributed by atoms with Crippen LogP contribution >= 0.6 is 11.3 Å². The Morgan fingerprint density at radius 2 is 0.944 bits per heavy atom. The number of aromatic nitrogens is 1. The zero-order valence-corrected chi connectivity index (χ0v) is 30.7. The van der Waals surface area contributed by atoms with Gasteiger partial charge in [-0.2, -0.15) is 0 Å². The minimum atomic E-state index is 1.11. The third kappa shape index (κ3) is 5.67. The minimum absolute atomic E-state index is 1.11. The van der Waals surface area contributed by atoms with Gasteiger partial charge in [-0.25, -0.2) is 0 Å². The number of anilines is 3. The summed E-state index contributed by atoms with van der Waals surface area (Å²) < 4.78 is 5.12. The first-order chi connectivity index (χ1) is 26.7. The van der Waals surface area contributed by atoms with Crippen molar-refractivity contribution in [1.82, 2.24) is 4.57 Å². The maximum Gasteiger partial charge on any atom is 0.0727 e. The lowest BCUT2D eigenvalue weighted by Gasteiger charge is -2.26. The number of thiophene rings is 1. The molecule has 3 heteroatoms. The van der Waals surface area contributed by atoms with Gasteiger partial charge in [0.05, 0.1) is 15.7 Å². The van der Waals surface area contributed by atoms with Gasteiger partial charge < -0.3 is 9.47 Å². The predicted octanol–water partition coefficient (Wildman–Crippen LogP) is 14.8. The number of aryl methyl sites for hydroxylation is 1. The van der Waals surface area contributed by atoms with Crippen LogP contribution in [0.1, 0.15) is 5.56 Å². The van der Waals surface area contributed by atoms with Crippen molar-refractivity contribution in [3.63, 3.8) is 0 Å². The molecule has 2 heterocycles. The van der Waals surface area contributed by atoms with E-state index in [-0.39, 0.29) is 0 Å². The highest BCUT2D eigenvalue weighted by Crippen LogP contribution is 2.43. The highest BCUT2D eigenvalue weighted by molar-refractivity contribution is 7.26. The fourth-order valence-corrected chi connectivity index (χ4v) is 9.01. The zero-order valence-electron chi connectivity index (χ0n) is 29.9. The summed E-state index contributed by atoms with van der Waals surface area (Å²) in [5, 5.41) is 2.62. The van der Waals surface area contributed by atoms with Crippen molar-refractivity contribution < 1.29 is 0 Å². The zero-order chi connectivity index (χ0) is 36.0. The number of fused-ring (bicyclic) bond motifs is 5. The Bertz CT molecular complexity index is 2820. The lowest BCUT2D eigenvalue weighted by Crippen LogP contribution is -2.10. The van der Waals surface area contributed by atoms with E-state index in [2.05, 4.69) is 217 Å². The standard InChI is InChI=1S/C51H36N2S/c1-35-19-32-48-47(33-35)51-50(46-17-8-9-18-49(46)54-51)53(48)44-30-24-40(25-31-44)41-15-10-16-45(34-41)52(42-26-20-38(21-27-42)36-11-4-2-5-12-36)43-28-22-39(23-29-43)37-13-6-3-7-14-37/h2-34H,1H3. The van der Waals surface area contributed by atoms with Gasteiger partial charge in [-0.05, 0) is 107 Å². The Hall–Kier alpha value is -6.68. The molecule has 0 aliphatic carbocycles. The van der Waals surface area contributed by atoms with E-state index < -0.39 is 0 Å². The average Bonchev–Trinajstić information content (AvgIpc) is 3.77. The number of nitrogens with zero attached hydrogens (tertiary/aromatic N) is 2. The molecule has 10 rings (SSSR count). The molecule has 0 amide bonds. The van der Waals surface area contributed by atoms with Crippen molar-refractivity contribution >= 4 is 59.6 Å². The Morgan fingerprint density at radius 1 is 0.407 bits per heavy atom. The van der Waals surface area contributed by atoms with Gasteiger partial charge in [0.25, 0.3) is 0 Å². The lowest BCUT2D eigenvalue weighted by molar-refractivity contribution is 1.19. The quantitative estimate of drug-likeness (QED) is 0.160. The fraction of sp³-hybridized carbons (Fsp3) is 0.0196. The second-order valence-electron chi connectivity index (χ2n) is 13.9. The van der Waals surface area contributed by atoms with E-state index in [4.69, 9.17) is 0 Å². The van der Waals surface area contributed by atoms with Crippen LogP contribution in [0.4, 0.5) is 17.1 Å². The number of rotatable bonds is 7. The van der Waals surface area contributed by atoms with Crippen molar-refractivity contribution in [1.29, 1.82) is 0 Å². The van der Waals surface area contributed by atoms with E-state index in [9.17, 15) is 0 Å². The summed E-state index contributed by atoms with van der Waals surface area (Å²) in [5.41, 5.74) is 15.5. The smallest absolute Gasteiger partial charge is 0.0727 e. The molecular weight excluding hydrogens is 673 g/mol. The number of hydrogen-bond acceptors (Lipinski definition) is 2. The summed E-state index contributed by atoms with van der Waals surface area (Å²) in [6.45, 7) is 2.18. The molecule has 0 radical (unpaired) electrons. The van der Waals surface area contributed by atoms with Gasteiger partial charge in [0.15, 0.2) is 0 Å². The van der Waals surface area contributed by atoms with Crippen molar-refractivity contribution in [3.8, 4) is 39.1 Å². The SMILES string of the molecule is Cc1ccc2c(c1)c1sc3ccccc3c1n2-c1ccc(-c2cccc(N(c3ccc(-c4ccccc4)cc3)c3ccc(-c4ccccc4)cc3)c2)cc1. The molecule has 54 heavy (non-hydrogen) atoms. The van der Waals surface area contributed by atoms with Gasteiger partial charge in [-0.15, -0.1) is 11.3 Å². The molecule has 2 aromatic heterocycles. The first kappa shape index (κ1) is 32.0. The second-order valence-corrected chi connectivity index (χ2v) is 14.9. The Morgan fingerprint density at radius 3 is 1.59 bits per heavy atom. The van der Waals surface area contributed by atoms with Crippen LogP contribution in [0.3, 0.4) is 0 Å². The van der Waals surface area contributed by atoms with Crippen LogP contribution in [0.5, 0.6) is 0 Å². The van der Waals surface area contributed by atoms with E-state index in [0.29, 0.717) is 0 Å². The lowest BCUT2D eigenvalue weighted by atomic mass is 10.0. The molecule has 8 aromatic carbocycles. The molecular formula is C51H36N2S. The molecule has 0 aliphatic heterocycles. The summed E-state index contributed by atoms with van der Waals surface area (Å²) >= 11 is 1.89. The maximum absolute atomic E-state index is 2.45. The highest BCUT2D eigenvalue weighted by Gasteiger charge is 2.19. The molecule has 0 aliphatic rings. The van der Waals surface area contributed by atoms with Crippen LogP contribution in [0.2, 0.25) is 0 Å². The van der Waals surface area contributed by atoms with Crippen LogP contribution < -0.4 is 4.90 Å². The van der Waals surface area contributed by atoms with Gasteiger partial charge >= 0.3 is 0 Å². The molecule has 0 bridgehead atoms. The molecule has 0 fully saturated rings. The number of hydrogen-bond donors (Lipinski definition) is 0. The summed E-state index contributed by atoms with van der Waals surface area (Å²) in [5.74, 6) is 0. The van der Waals surface area contributed by atoms with E-state index in [0.717, 1.165) is 17.1 Å². The van der Waals surface area contributed by atoms with Crippen LogP contribution in [-0.2, 0) is 0 Å². The minimum Gasteiger partial charge on any atom is -0.310 e. The van der Waals surface area contributed by atoms with Gasteiger partial charge in [0, 0.05) is 38.2 Å². The van der Waals surface area contributed by atoms with E-state index in [1.165, 1.54) is 75.8 Å². The largest absolute Gasteiger partial charge is 0.310 e. The molecule has 0 saturated heterocycles. The summed E-state index contributed by atoms with van der Waals surface area (Å²) in [6, 6.07) is 72.5. The fourth-order valence-electron chi connectivity index (χ4n) is 7.79.